The molecule has 1 atom stereocenters. The Morgan fingerprint density at radius 2 is 1.83 bits per heavy atom. The number of aliphatic carboxylic acids is 1. The molecule has 0 amide bonds. The number of sulfone groups is 1. The predicted octanol–water partition coefficient (Wildman–Crippen LogP) is 2.48. The van der Waals surface area contributed by atoms with Crippen molar-refractivity contribution in [2.45, 2.75) is 30.8 Å². The first-order chi connectivity index (χ1) is 13.4. The van der Waals surface area contributed by atoms with Gasteiger partial charge in [-0.2, -0.15) is 13.2 Å². The van der Waals surface area contributed by atoms with Gasteiger partial charge in [0, 0.05) is 32.2 Å². The summed E-state index contributed by atoms with van der Waals surface area (Å²) in [4.78, 5) is 11.0. The van der Waals surface area contributed by atoms with E-state index in [-0.39, 0.29) is 17.5 Å². The van der Waals surface area contributed by atoms with Crippen LogP contribution in [0.4, 0.5) is 17.6 Å². The SMILES string of the molecule is CCOCC1CCS(=O)(=O)C12CN(Cc1ccc(F)cc1)C2.O=C(O)C(F)(F)F. The highest BCUT2D eigenvalue weighted by Gasteiger charge is 2.61. The Morgan fingerprint density at radius 3 is 2.31 bits per heavy atom. The Morgan fingerprint density at radius 1 is 1.28 bits per heavy atom. The van der Waals surface area contributed by atoms with E-state index in [2.05, 4.69) is 4.90 Å². The minimum atomic E-state index is -5.08. The Labute approximate surface area is 166 Å². The monoisotopic (exact) mass is 441 g/mol. The summed E-state index contributed by atoms with van der Waals surface area (Å²) >= 11 is 0. The molecule has 29 heavy (non-hydrogen) atoms. The summed E-state index contributed by atoms with van der Waals surface area (Å²) in [6, 6.07) is 6.38. The van der Waals surface area contributed by atoms with Gasteiger partial charge in [-0.3, -0.25) is 4.90 Å². The normalized spacial score (nSPS) is 22.6. The highest BCUT2D eigenvalue weighted by atomic mass is 32.2. The number of likely N-dealkylation sites (tertiary alicyclic amines) is 1. The fourth-order valence-electron chi connectivity index (χ4n) is 3.64. The molecule has 0 aromatic heterocycles. The van der Waals surface area contributed by atoms with Gasteiger partial charge in [-0.25, -0.2) is 17.6 Å². The molecule has 1 N–H and O–H groups in total. The third-order valence-electron chi connectivity index (χ3n) is 5.17. The first kappa shape index (κ1) is 23.6. The lowest BCUT2D eigenvalue weighted by Gasteiger charge is -2.50. The van der Waals surface area contributed by atoms with Crippen LogP contribution in [-0.2, 0) is 25.9 Å². The van der Waals surface area contributed by atoms with Crippen molar-refractivity contribution in [1.82, 2.24) is 4.90 Å². The average Bonchev–Trinajstić information content (AvgIpc) is 2.85. The number of carbonyl (C=O) groups is 1. The molecule has 11 heteroatoms. The number of benzene rings is 1. The molecule has 2 heterocycles. The zero-order valence-corrected chi connectivity index (χ0v) is 16.6. The number of carboxylic acid groups (broad SMARTS) is 1. The molecule has 3 rings (SSSR count). The molecule has 2 aliphatic heterocycles. The molecule has 2 saturated heterocycles. The molecular formula is C18H23F4NO5S. The van der Waals surface area contributed by atoms with E-state index in [0.717, 1.165) is 5.56 Å². The maximum atomic E-state index is 12.9. The molecule has 2 aliphatic rings. The van der Waals surface area contributed by atoms with E-state index in [0.29, 0.717) is 39.3 Å². The van der Waals surface area contributed by atoms with Crippen LogP contribution in [0.2, 0.25) is 0 Å². The quantitative estimate of drug-likeness (QED) is 0.707. The molecule has 1 aromatic rings. The minimum Gasteiger partial charge on any atom is -0.475 e. The van der Waals surface area contributed by atoms with Crippen molar-refractivity contribution >= 4 is 15.8 Å². The first-order valence-corrected chi connectivity index (χ1v) is 10.6. The number of hydrogen-bond acceptors (Lipinski definition) is 5. The highest BCUT2D eigenvalue weighted by Crippen LogP contribution is 2.45. The van der Waals surface area contributed by atoms with Crippen molar-refractivity contribution in [3.05, 3.63) is 35.6 Å². The van der Waals surface area contributed by atoms with Crippen molar-refractivity contribution in [3.63, 3.8) is 0 Å². The summed E-state index contributed by atoms with van der Waals surface area (Å²) in [5.74, 6) is -2.64. The molecule has 0 saturated carbocycles. The van der Waals surface area contributed by atoms with Gasteiger partial charge in [0.25, 0.3) is 0 Å². The third-order valence-corrected chi connectivity index (χ3v) is 7.77. The van der Waals surface area contributed by atoms with Gasteiger partial charge in [-0.15, -0.1) is 0 Å². The van der Waals surface area contributed by atoms with Crippen molar-refractivity contribution in [2.75, 3.05) is 32.1 Å². The van der Waals surface area contributed by atoms with E-state index < -0.39 is 26.7 Å². The lowest BCUT2D eigenvalue weighted by molar-refractivity contribution is -0.192. The lowest BCUT2D eigenvalue weighted by atomic mass is 9.83. The van der Waals surface area contributed by atoms with E-state index >= 15 is 0 Å². The number of nitrogens with zero attached hydrogens (tertiary/aromatic N) is 1. The van der Waals surface area contributed by atoms with E-state index in [1.54, 1.807) is 12.1 Å². The maximum Gasteiger partial charge on any atom is 0.490 e. The fourth-order valence-corrected chi connectivity index (χ4v) is 6.09. The van der Waals surface area contributed by atoms with Crippen LogP contribution in [0.3, 0.4) is 0 Å². The molecule has 2 fully saturated rings. The number of rotatable bonds is 5. The van der Waals surface area contributed by atoms with Gasteiger partial charge in [-0.05, 0) is 31.0 Å². The average molecular weight is 441 g/mol. The molecule has 164 valence electrons. The van der Waals surface area contributed by atoms with Crippen molar-refractivity contribution in [3.8, 4) is 0 Å². The number of carboxylic acids is 1. The zero-order valence-electron chi connectivity index (χ0n) is 15.8. The topological polar surface area (TPSA) is 83.9 Å². The summed E-state index contributed by atoms with van der Waals surface area (Å²) in [6.45, 7) is 4.86. The van der Waals surface area contributed by atoms with Crippen molar-refractivity contribution in [2.24, 2.45) is 5.92 Å². The van der Waals surface area contributed by atoms with Crippen LogP contribution < -0.4 is 0 Å². The smallest absolute Gasteiger partial charge is 0.475 e. The third kappa shape index (κ3) is 5.46. The van der Waals surface area contributed by atoms with Crippen LogP contribution in [0.15, 0.2) is 24.3 Å². The summed E-state index contributed by atoms with van der Waals surface area (Å²) in [5.41, 5.74) is 1.01. The molecule has 1 aromatic carbocycles. The number of ether oxygens (including phenoxy) is 1. The largest absolute Gasteiger partial charge is 0.490 e. The van der Waals surface area contributed by atoms with Gasteiger partial charge < -0.3 is 9.84 Å². The van der Waals surface area contributed by atoms with E-state index in [4.69, 9.17) is 14.6 Å². The lowest BCUT2D eigenvalue weighted by Crippen LogP contribution is -2.67. The van der Waals surface area contributed by atoms with E-state index in [1.807, 2.05) is 6.92 Å². The van der Waals surface area contributed by atoms with Gasteiger partial charge in [0.1, 0.15) is 10.6 Å². The summed E-state index contributed by atoms with van der Waals surface area (Å²) < 4.78 is 74.4. The molecule has 1 spiro atoms. The summed E-state index contributed by atoms with van der Waals surface area (Å²) in [5, 5.41) is 7.12. The standard InChI is InChI=1S/C16H22FNO3S.C2HF3O2/c1-2-21-10-14-7-8-22(19,20)16(14)11-18(12-16)9-13-3-5-15(17)6-4-13;3-2(4,5)1(6)7/h3-6,14H,2,7-12H2,1H3;(H,6,7). The number of hydrogen-bond donors (Lipinski definition) is 1. The Hall–Kier alpha value is -1.72. The Balaban J connectivity index is 0.000000370. The first-order valence-electron chi connectivity index (χ1n) is 8.98. The Bertz CT molecular complexity index is 805. The van der Waals surface area contributed by atoms with Crippen molar-refractivity contribution in [1.29, 1.82) is 0 Å². The fraction of sp³-hybridized carbons (Fsp3) is 0.611. The molecule has 0 radical (unpaired) electrons. The summed E-state index contributed by atoms with van der Waals surface area (Å²) in [7, 11) is -3.04. The second-order valence-corrected chi connectivity index (χ2v) is 9.55. The number of halogens is 4. The molecule has 0 bridgehead atoms. The molecule has 6 nitrogen and oxygen atoms in total. The second kappa shape index (κ2) is 8.97. The van der Waals surface area contributed by atoms with E-state index in [9.17, 15) is 26.0 Å². The van der Waals surface area contributed by atoms with Gasteiger partial charge in [0.15, 0.2) is 9.84 Å². The van der Waals surface area contributed by atoms with Gasteiger partial charge in [0.2, 0.25) is 0 Å². The van der Waals surface area contributed by atoms with E-state index in [1.165, 1.54) is 12.1 Å². The summed E-state index contributed by atoms with van der Waals surface area (Å²) in [6.07, 6.45) is -4.38. The van der Waals surface area contributed by atoms with Crippen LogP contribution in [0.5, 0.6) is 0 Å². The van der Waals surface area contributed by atoms with Gasteiger partial charge in [-0.1, -0.05) is 12.1 Å². The Kier molecular flexibility index (Phi) is 7.28. The van der Waals surface area contributed by atoms with Crippen LogP contribution in [0.25, 0.3) is 0 Å². The van der Waals surface area contributed by atoms with Crippen LogP contribution in [0.1, 0.15) is 18.9 Å². The molecule has 0 aliphatic carbocycles. The van der Waals surface area contributed by atoms with Crippen LogP contribution in [0, 0.1) is 11.7 Å². The number of alkyl halides is 3. The van der Waals surface area contributed by atoms with Crippen LogP contribution >= 0.6 is 0 Å². The second-order valence-electron chi connectivity index (χ2n) is 7.10. The zero-order chi connectivity index (χ0) is 21.9. The van der Waals surface area contributed by atoms with Crippen molar-refractivity contribution < 1.29 is 40.6 Å². The molecule has 1 unspecified atom stereocenters. The minimum absolute atomic E-state index is 0.0990. The van der Waals surface area contributed by atoms with Gasteiger partial charge >= 0.3 is 12.1 Å². The highest BCUT2D eigenvalue weighted by molar-refractivity contribution is 7.93. The molecular weight excluding hydrogens is 418 g/mol. The predicted molar refractivity (Wildman–Crippen MR) is 96.5 cm³/mol. The van der Waals surface area contributed by atoms with Crippen LogP contribution in [-0.4, -0.2) is 67.4 Å². The maximum absolute atomic E-state index is 12.9. The van der Waals surface area contributed by atoms with Gasteiger partial charge in [0.05, 0.1) is 12.4 Å².